The first-order chi connectivity index (χ1) is 8.45. The fraction of sp³-hybridized carbons (Fsp3) is 1.00. The molecule has 1 saturated heterocycles. The molecular formula is C16H31NS. The predicted molar refractivity (Wildman–Crippen MR) is 83.4 cm³/mol. The van der Waals surface area contributed by atoms with Crippen molar-refractivity contribution in [2.75, 3.05) is 25.4 Å². The summed E-state index contributed by atoms with van der Waals surface area (Å²) in [6, 6.07) is 0. The zero-order valence-corrected chi connectivity index (χ0v) is 13.4. The third-order valence-corrected chi connectivity index (χ3v) is 6.04. The molecule has 2 fully saturated rings. The van der Waals surface area contributed by atoms with E-state index in [9.17, 15) is 0 Å². The number of likely N-dealkylation sites (tertiary alicyclic amines) is 1. The zero-order chi connectivity index (χ0) is 13.2. The van der Waals surface area contributed by atoms with Crippen molar-refractivity contribution in [3.05, 3.63) is 0 Å². The number of piperidine rings is 1. The van der Waals surface area contributed by atoms with Crippen LogP contribution in [0.1, 0.15) is 59.3 Å². The van der Waals surface area contributed by atoms with Crippen molar-refractivity contribution >= 4 is 12.6 Å². The molecule has 0 radical (unpaired) electrons. The largest absolute Gasteiger partial charge is 0.303 e. The standard InChI is InChI=1S/C16H31NS/c1-15(2,3)14-6-10-17(11-7-14)12-16(13-18)8-4-5-9-16/h14,18H,4-13H2,1-3H3. The van der Waals surface area contributed by atoms with E-state index in [0.29, 0.717) is 10.8 Å². The Balaban J connectivity index is 1.83. The van der Waals surface area contributed by atoms with E-state index < -0.39 is 0 Å². The Kier molecular flexibility index (Phi) is 4.70. The van der Waals surface area contributed by atoms with E-state index in [4.69, 9.17) is 0 Å². The monoisotopic (exact) mass is 269 g/mol. The van der Waals surface area contributed by atoms with Crippen LogP contribution in [-0.4, -0.2) is 30.3 Å². The molecule has 1 aliphatic heterocycles. The quantitative estimate of drug-likeness (QED) is 0.750. The van der Waals surface area contributed by atoms with Crippen LogP contribution in [0.3, 0.4) is 0 Å². The summed E-state index contributed by atoms with van der Waals surface area (Å²) < 4.78 is 0. The molecule has 0 spiro atoms. The van der Waals surface area contributed by atoms with Gasteiger partial charge in [0.25, 0.3) is 0 Å². The first-order valence-corrected chi connectivity index (χ1v) is 8.42. The molecule has 0 unspecified atom stereocenters. The fourth-order valence-corrected chi connectivity index (χ4v) is 4.34. The van der Waals surface area contributed by atoms with Gasteiger partial charge in [0.15, 0.2) is 0 Å². The third-order valence-electron chi connectivity index (χ3n) is 5.37. The molecule has 2 aliphatic rings. The second kappa shape index (κ2) is 5.75. The van der Waals surface area contributed by atoms with Gasteiger partial charge >= 0.3 is 0 Å². The van der Waals surface area contributed by atoms with Gasteiger partial charge in [-0.1, -0.05) is 33.6 Å². The minimum atomic E-state index is 0.501. The maximum Gasteiger partial charge on any atom is 0.00458 e. The lowest BCUT2D eigenvalue weighted by atomic mass is 9.75. The van der Waals surface area contributed by atoms with Gasteiger partial charge in [-0.25, -0.2) is 0 Å². The lowest BCUT2D eigenvalue weighted by Crippen LogP contribution is -2.43. The van der Waals surface area contributed by atoms with Crippen LogP contribution in [0.15, 0.2) is 0 Å². The molecule has 1 saturated carbocycles. The zero-order valence-electron chi connectivity index (χ0n) is 12.5. The molecule has 0 aromatic carbocycles. The summed E-state index contributed by atoms with van der Waals surface area (Å²) in [6.07, 6.45) is 8.47. The second-order valence-electron chi connectivity index (χ2n) is 7.78. The minimum absolute atomic E-state index is 0.501. The topological polar surface area (TPSA) is 3.24 Å². The fourth-order valence-electron chi connectivity index (χ4n) is 3.92. The summed E-state index contributed by atoms with van der Waals surface area (Å²) in [4.78, 5) is 2.73. The lowest BCUT2D eigenvalue weighted by Gasteiger charge is -2.42. The SMILES string of the molecule is CC(C)(C)C1CCN(CC2(CS)CCCC2)CC1. The molecule has 106 valence electrons. The normalized spacial score (nSPS) is 26.7. The van der Waals surface area contributed by atoms with E-state index in [1.807, 2.05) is 0 Å². The number of nitrogens with zero attached hydrogens (tertiary/aromatic N) is 1. The minimum Gasteiger partial charge on any atom is -0.303 e. The van der Waals surface area contributed by atoms with Gasteiger partial charge in [-0.15, -0.1) is 0 Å². The molecule has 1 aliphatic carbocycles. The Labute approximate surface area is 119 Å². The number of hydrogen-bond donors (Lipinski definition) is 1. The molecule has 1 nitrogen and oxygen atoms in total. The van der Waals surface area contributed by atoms with Crippen LogP contribution in [0.2, 0.25) is 0 Å². The smallest absolute Gasteiger partial charge is 0.00458 e. The summed E-state index contributed by atoms with van der Waals surface area (Å²) in [5, 5.41) is 0. The summed E-state index contributed by atoms with van der Waals surface area (Å²) in [5.74, 6) is 2.01. The van der Waals surface area contributed by atoms with Crippen LogP contribution in [0.5, 0.6) is 0 Å². The van der Waals surface area contributed by atoms with Crippen LogP contribution >= 0.6 is 12.6 Å². The highest BCUT2D eigenvalue weighted by atomic mass is 32.1. The highest BCUT2D eigenvalue weighted by Crippen LogP contribution is 2.41. The molecule has 2 rings (SSSR count). The predicted octanol–water partition coefficient (Wildman–Crippen LogP) is 4.23. The van der Waals surface area contributed by atoms with Gasteiger partial charge in [-0.05, 0) is 61.3 Å². The Morgan fingerprint density at radius 2 is 1.67 bits per heavy atom. The van der Waals surface area contributed by atoms with Crippen LogP contribution in [0, 0.1) is 16.7 Å². The summed E-state index contributed by atoms with van der Waals surface area (Å²) in [5.41, 5.74) is 1.05. The molecular weight excluding hydrogens is 238 g/mol. The van der Waals surface area contributed by atoms with E-state index in [0.717, 1.165) is 11.7 Å². The highest BCUT2D eigenvalue weighted by Gasteiger charge is 2.36. The molecule has 0 bridgehead atoms. The van der Waals surface area contributed by atoms with Crippen molar-refractivity contribution in [3.63, 3.8) is 0 Å². The van der Waals surface area contributed by atoms with Gasteiger partial charge in [0, 0.05) is 6.54 Å². The van der Waals surface area contributed by atoms with E-state index >= 15 is 0 Å². The van der Waals surface area contributed by atoms with Crippen molar-refractivity contribution in [2.24, 2.45) is 16.7 Å². The van der Waals surface area contributed by atoms with Crippen molar-refractivity contribution in [1.29, 1.82) is 0 Å². The van der Waals surface area contributed by atoms with E-state index in [1.54, 1.807) is 0 Å². The van der Waals surface area contributed by atoms with E-state index in [-0.39, 0.29) is 0 Å². The molecule has 18 heavy (non-hydrogen) atoms. The first-order valence-electron chi connectivity index (χ1n) is 7.78. The molecule has 0 aromatic rings. The third kappa shape index (κ3) is 3.45. The van der Waals surface area contributed by atoms with Crippen LogP contribution in [-0.2, 0) is 0 Å². The molecule has 1 heterocycles. The number of rotatable bonds is 3. The Bertz CT molecular complexity index is 255. The molecule has 0 aromatic heterocycles. The molecule has 2 heteroatoms. The van der Waals surface area contributed by atoms with Gasteiger partial charge < -0.3 is 4.90 Å². The Morgan fingerprint density at radius 1 is 1.11 bits per heavy atom. The van der Waals surface area contributed by atoms with Gasteiger partial charge in [-0.3, -0.25) is 0 Å². The summed E-state index contributed by atoms with van der Waals surface area (Å²) in [7, 11) is 0. The lowest BCUT2D eigenvalue weighted by molar-refractivity contribution is 0.0827. The van der Waals surface area contributed by atoms with E-state index in [1.165, 1.54) is 58.2 Å². The molecule has 0 N–H and O–H groups in total. The first kappa shape index (κ1) is 14.7. The van der Waals surface area contributed by atoms with Crippen molar-refractivity contribution in [2.45, 2.75) is 59.3 Å². The van der Waals surface area contributed by atoms with Crippen LogP contribution in [0.25, 0.3) is 0 Å². The molecule has 0 amide bonds. The van der Waals surface area contributed by atoms with Crippen molar-refractivity contribution in [3.8, 4) is 0 Å². The van der Waals surface area contributed by atoms with Crippen molar-refractivity contribution in [1.82, 2.24) is 4.90 Å². The number of thiol groups is 1. The Hall–Kier alpha value is 0.310. The van der Waals surface area contributed by atoms with Crippen LogP contribution in [0.4, 0.5) is 0 Å². The second-order valence-corrected chi connectivity index (χ2v) is 8.10. The Morgan fingerprint density at radius 3 is 2.11 bits per heavy atom. The molecule has 0 atom stereocenters. The maximum atomic E-state index is 4.64. The van der Waals surface area contributed by atoms with Gasteiger partial charge in [-0.2, -0.15) is 12.6 Å². The van der Waals surface area contributed by atoms with Crippen molar-refractivity contribution < 1.29 is 0 Å². The maximum absolute atomic E-state index is 4.64. The highest BCUT2D eigenvalue weighted by molar-refractivity contribution is 7.80. The summed E-state index contributed by atoms with van der Waals surface area (Å²) >= 11 is 4.64. The summed E-state index contributed by atoms with van der Waals surface area (Å²) in [6.45, 7) is 11.2. The van der Waals surface area contributed by atoms with Crippen LogP contribution < -0.4 is 0 Å². The average molecular weight is 269 g/mol. The van der Waals surface area contributed by atoms with Gasteiger partial charge in [0.05, 0.1) is 0 Å². The van der Waals surface area contributed by atoms with Gasteiger partial charge in [0.1, 0.15) is 0 Å². The van der Waals surface area contributed by atoms with Gasteiger partial charge in [0.2, 0.25) is 0 Å². The number of hydrogen-bond acceptors (Lipinski definition) is 2. The average Bonchev–Trinajstić information content (AvgIpc) is 2.78. The van der Waals surface area contributed by atoms with E-state index in [2.05, 4.69) is 38.3 Å².